The van der Waals surface area contributed by atoms with Crippen molar-refractivity contribution in [2.75, 3.05) is 13.1 Å². The molecule has 0 unspecified atom stereocenters. The molecule has 0 aliphatic rings. The van der Waals surface area contributed by atoms with Gasteiger partial charge in [-0.25, -0.2) is 35.9 Å². The maximum Gasteiger partial charge on any atom is 0.328 e. The van der Waals surface area contributed by atoms with Gasteiger partial charge < -0.3 is 10.6 Å². The van der Waals surface area contributed by atoms with Crippen molar-refractivity contribution < 1.29 is 26.4 Å². The molecule has 0 heterocycles. The van der Waals surface area contributed by atoms with Crippen LogP contribution in [-0.2, 0) is 20.0 Å². The average molecular weight is 529 g/mol. The van der Waals surface area contributed by atoms with E-state index in [-0.39, 0.29) is 28.1 Å². The molecule has 0 atom stereocenters. The van der Waals surface area contributed by atoms with E-state index in [2.05, 4.69) is 23.3 Å². The van der Waals surface area contributed by atoms with E-state index in [1.54, 1.807) is 24.3 Å². The molecular weight excluding hydrogens is 500 g/mol. The molecular formula is C21H28N4O6S3. The topological polar surface area (TPSA) is 151 Å². The minimum absolute atomic E-state index is 0.0194. The largest absolute Gasteiger partial charge is 0.337 e. The molecule has 0 saturated heterocycles. The van der Waals surface area contributed by atoms with E-state index in [9.17, 15) is 26.4 Å². The van der Waals surface area contributed by atoms with Gasteiger partial charge in [-0.1, -0.05) is 35.4 Å². The van der Waals surface area contributed by atoms with Gasteiger partial charge in [0.1, 0.15) is 0 Å². The van der Waals surface area contributed by atoms with Crippen molar-refractivity contribution in [3.8, 4) is 0 Å². The number of nitrogens with one attached hydrogen (secondary N) is 4. The molecule has 186 valence electrons. The van der Waals surface area contributed by atoms with Crippen molar-refractivity contribution in [2.24, 2.45) is 0 Å². The summed E-state index contributed by atoms with van der Waals surface area (Å²) in [6, 6.07) is 10.4. The van der Waals surface area contributed by atoms with Gasteiger partial charge >= 0.3 is 12.1 Å². The van der Waals surface area contributed by atoms with Crippen LogP contribution in [0.3, 0.4) is 0 Å². The average Bonchev–Trinajstić information content (AvgIpc) is 2.73. The van der Waals surface area contributed by atoms with Crippen molar-refractivity contribution in [1.82, 2.24) is 20.1 Å². The first-order valence-electron chi connectivity index (χ1n) is 10.3. The molecule has 10 nitrogen and oxygen atoms in total. The Morgan fingerprint density at radius 1 is 0.706 bits per heavy atom. The van der Waals surface area contributed by atoms with Crippen LogP contribution < -0.4 is 20.1 Å². The fraction of sp³-hybridized carbons (Fsp3) is 0.333. The normalized spacial score (nSPS) is 11.6. The Labute approximate surface area is 205 Å². The monoisotopic (exact) mass is 528 g/mol. The van der Waals surface area contributed by atoms with Gasteiger partial charge in [-0.15, -0.1) is 0 Å². The number of aryl methyl sites for hydroxylation is 2. The zero-order valence-electron chi connectivity index (χ0n) is 18.7. The number of hydrogen-bond acceptors (Lipinski definition) is 7. The Hall–Kier alpha value is -2.77. The fourth-order valence-corrected chi connectivity index (χ4v) is 4.83. The zero-order chi connectivity index (χ0) is 25.4. The summed E-state index contributed by atoms with van der Waals surface area (Å²) >= 11 is 4.36. The van der Waals surface area contributed by atoms with Crippen LogP contribution in [0.1, 0.15) is 24.0 Å². The smallest absolute Gasteiger partial charge is 0.328 e. The molecule has 2 rings (SSSR count). The molecule has 0 bridgehead atoms. The number of amides is 4. The van der Waals surface area contributed by atoms with Gasteiger partial charge in [0.15, 0.2) is 0 Å². The minimum Gasteiger partial charge on any atom is -0.337 e. The molecule has 2 aromatic rings. The van der Waals surface area contributed by atoms with Crippen LogP contribution in [0.25, 0.3) is 0 Å². The summed E-state index contributed by atoms with van der Waals surface area (Å²) in [4.78, 5) is 23.8. The lowest BCUT2D eigenvalue weighted by atomic mass is 10.2. The van der Waals surface area contributed by atoms with E-state index < -0.39 is 32.1 Å². The molecule has 2 aromatic carbocycles. The molecule has 0 aliphatic carbocycles. The van der Waals surface area contributed by atoms with Crippen LogP contribution in [0.2, 0.25) is 0 Å². The number of thiol groups is 1. The summed E-state index contributed by atoms with van der Waals surface area (Å²) in [6.07, 6.45) is 0.790. The third-order valence-electron chi connectivity index (χ3n) is 4.64. The van der Waals surface area contributed by atoms with Gasteiger partial charge in [0, 0.05) is 18.3 Å². The summed E-state index contributed by atoms with van der Waals surface area (Å²) < 4.78 is 52.6. The van der Waals surface area contributed by atoms with Crippen LogP contribution in [-0.4, -0.2) is 47.2 Å². The lowest BCUT2D eigenvalue weighted by molar-refractivity contribution is 0.245. The highest BCUT2D eigenvalue weighted by Crippen LogP contribution is 2.11. The Morgan fingerprint density at radius 3 is 1.35 bits per heavy atom. The van der Waals surface area contributed by atoms with Gasteiger partial charge in [0.05, 0.1) is 9.79 Å². The summed E-state index contributed by atoms with van der Waals surface area (Å²) in [5.41, 5.74) is 1.78. The van der Waals surface area contributed by atoms with Crippen molar-refractivity contribution in [3.63, 3.8) is 0 Å². The van der Waals surface area contributed by atoms with E-state index in [1.807, 2.05) is 23.3 Å². The predicted molar refractivity (Wildman–Crippen MR) is 132 cm³/mol. The van der Waals surface area contributed by atoms with Gasteiger partial charge in [0.2, 0.25) is 0 Å². The fourth-order valence-electron chi connectivity index (χ4n) is 2.72. The predicted octanol–water partition coefficient (Wildman–Crippen LogP) is 2.06. The SMILES string of the molecule is Cc1ccc(S(=O)(=O)NC(=O)NCCC(S)CCNC(=O)NS(=O)(=O)c2ccc(C)cc2)cc1. The highest BCUT2D eigenvalue weighted by atomic mass is 32.2. The first-order valence-corrected chi connectivity index (χ1v) is 13.8. The second-order valence-electron chi connectivity index (χ2n) is 7.58. The first kappa shape index (κ1) is 27.5. The van der Waals surface area contributed by atoms with E-state index in [4.69, 9.17) is 0 Å². The van der Waals surface area contributed by atoms with Crippen LogP contribution in [0, 0.1) is 13.8 Å². The first-order chi connectivity index (χ1) is 15.9. The lowest BCUT2D eigenvalue weighted by Gasteiger charge is -2.13. The van der Waals surface area contributed by atoms with Gasteiger partial charge in [0.25, 0.3) is 20.0 Å². The molecule has 0 aromatic heterocycles. The number of carbonyl (C=O) groups is 2. The van der Waals surface area contributed by atoms with Crippen molar-refractivity contribution >= 4 is 44.7 Å². The number of urea groups is 2. The highest BCUT2D eigenvalue weighted by molar-refractivity contribution is 7.90. The van der Waals surface area contributed by atoms with Gasteiger partial charge in [-0.3, -0.25) is 0 Å². The Balaban J connectivity index is 1.67. The second-order valence-corrected chi connectivity index (χ2v) is 11.7. The van der Waals surface area contributed by atoms with E-state index in [0.717, 1.165) is 11.1 Å². The van der Waals surface area contributed by atoms with Crippen molar-refractivity contribution in [3.05, 3.63) is 59.7 Å². The molecule has 0 radical (unpaired) electrons. The zero-order valence-corrected chi connectivity index (χ0v) is 21.3. The molecule has 34 heavy (non-hydrogen) atoms. The van der Waals surface area contributed by atoms with Crippen LogP contribution in [0.15, 0.2) is 58.3 Å². The van der Waals surface area contributed by atoms with Gasteiger partial charge in [-0.2, -0.15) is 12.6 Å². The minimum atomic E-state index is -3.97. The number of benzene rings is 2. The second kappa shape index (κ2) is 12.1. The van der Waals surface area contributed by atoms with Crippen molar-refractivity contribution in [2.45, 2.75) is 41.7 Å². The summed E-state index contributed by atoms with van der Waals surface area (Å²) in [5, 5.41) is 4.66. The molecule has 0 saturated carbocycles. The van der Waals surface area contributed by atoms with E-state index >= 15 is 0 Å². The van der Waals surface area contributed by atoms with Crippen molar-refractivity contribution in [1.29, 1.82) is 0 Å². The number of hydrogen-bond donors (Lipinski definition) is 5. The van der Waals surface area contributed by atoms with Gasteiger partial charge in [-0.05, 0) is 51.0 Å². The summed E-state index contributed by atoms with van der Waals surface area (Å²) in [5.74, 6) is 0. The van der Waals surface area contributed by atoms with E-state index in [0.29, 0.717) is 12.8 Å². The Morgan fingerprint density at radius 2 is 1.03 bits per heavy atom. The molecule has 0 fully saturated rings. The number of carbonyl (C=O) groups excluding carboxylic acids is 2. The van der Waals surface area contributed by atoms with E-state index in [1.165, 1.54) is 24.3 Å². The maximum atomic E-state index is 12.2. The van der Waals surface area contributed by atoms with Crippen LogP contribution in [0.5, 0.6) is 0 Å². The lowest BCUT2D eigenvalue weighted by Crippen LogP contribution is -2.41. The highest BCUT2D eigenvalue weighted by Gasteiger charge is 2.18. The molecule has 13 heteroatoms. The molecule has 0 aliphatic heterocycles. The van der Waals surface area contributed by atoms with Crippen LogP contribution >= 0.6 is 12.6 Å². The Bertz CT molecular complexity index is 1100. The number of rotatable bonds is 10. The Kier molecular flexibility index (Phi) is 9.77. The molecule has 4 amide bonds. The summed E-state index contributed by atoms with van der Waals surface area (Å²) in [7, 11) is -7.95. The number of sulfonamides is 2. The standard InChI is InChI=1S/C21H28N4O6S3/c1-15-3-7-18(8-4-15)33(28,29)24-20(26)22-13-11-17(32)12-14-23-21(27)25-34(30,31)19-9-5-16(2)6-10-19/h3-10,17,32H,11-14H2,1-2H3,(H2,22,24,26)(H2,23,25,27). The third kappa shape index (κ3) is 8.88. The summed E-state index contributed by atoms with van der Waals surface area (Å²) in [6.45, 7) is 3.94. The van der Waals surface area contributed by atoms with Crippen LogP contribution in [0.4, 0.5) is 9.59 Å². The molecule has 0 spiro atoms. The third-order valence-corrected chi connectivity index (χ3v) is 7.85. The quantitative estimate of drug-likeness (QED) is 0.298. The molecule has 4 N–H and O–H groups in total. The maximum absolute atomic E-state index is 12.2.